The maximum Gasteiger partial charge on any atom is 0.0549 e. The van der Waals surface area contributed by atoms with Crippen LogP contribution in [0.15, 0.2) is 146 Å². The van der Waals surface area contributed by atoms with Crippen LogP contribution in [0.25, 0.3) is 94.9 Å². The average Bonchev–Trinajstić information content (AvgIpc) is 3.66. The van der Waals surface area contributed by atoms with Gasteiger partial charge in [-0.05, 0) is 66.7 Å². The molecule has 0 saturated carbocycles. The van der Waals surface area contributed by atoms with Crippen molar-refractivity contribution < 1.29 is 0 Å². The predicted molar refractivity (Wildman–Crippen MR) is 196 cm³/mol. The largest absolute Gasteiger partial charge is 0.133 e. The van der Waals surface area contributed by atoms with Crippen molar-refractivity contribution >= 4 is 95.3 Å². The molecule has 204 valence electrons. The molecule has 10 rings (SSSR count). The van der Waals surface area contributed by atoms with Crippen LogP contribution in [0.3, 0.4) is 0 Å². The van der Waals surface area contributed by atoms with Gasteiger partial charge in [0.15, 0.2) is 0 Å². The summed E-state index contributed by atoms with van der Waals surface area (Å²) in [5.41, 5.74) is 5.03. The molecule has 0 aliphatic carbocycles. The molecule has 2 aromatic heterocycles. The topological polar surface area (TPSA) is 0 Å². The Morgan fingerprint density at radius 2 is 0.636 bits per heavy atom. The third-order valence-corrected chi connectivity index (χ3v) is 11.8. The molecule has 0 fully saturated rings. The molecule has 0 atom stereocenters. The highest BCUT2D eigenvalue weighted by atomic mass is 32.1. The second kappa shape index (κ2) is 9.24. The number of benzene rings is 8. The Morgan fingerprint density at radius 1 is 0.250 bits per heavy atom. The molecule has 0 aliphatic heterocycles. The SMILES string of the molecule is c1ccc(-c2ccc3c(c2)c2ccccc2c2sc4c(sc5c6ccccc6c6cc(-c7ccccc7)ccc6c54)c32)cc1. The van der Waals surface area contributed by atoms with Gasteiger partial charge in [0.05, 0.1) is 9.40 Å². The van der Waals surface area contributed by atoms with Gasteiger partial charge in [-0.3, -0.25) is 0 Å². The number of thiophene rings is 2. The van der Waals surface area contributed by atoms with E-state index in [1.54, 1.807) is 0 Å². The lowest BCUT2D eigenvalue weighted by Crippen LogP contribution is -1.83. The summed E-state index contributed by atoms with van der Waals surface area (Å²) in [6, 6.07) is 53.6. The van der Waals surface area contributed by atoms with Crippen LogP contribution in [0.1, 0.15) is 0 Å². The van der Waals surface area contributed by atoms with E-state index in [4.69, 9.17) is 0 Å². The quantitative estimate of drug-likeness (QED) is 0.175. The maximum atomic E-state index is 2.40. The fourth-order valence-corrected chi connectivity index (χ4v) is 10.2. The molecule has 0 nitrogen and oxygen atoms in total. The van der Waals surface area contributed by atoms with Gasteiger partial charge < -0.3 is 0 Å². The molecule has 2 heteroatoms. The van der Waals surface area contributed by atoms with Crippen molar-refractivity contribution in [1.82, 2.24) is 0 Å². The fourth-order valence-electron chi connectivity index (χ4n) is 7.23. The van der Waals surface area contributed by atoms with Gasteiger partial charge in [-0.25, -0.2) is 0 Å². The van der Waals surface area contributed by atoms with Crippen LogP contribution < -0.4 is 0 Å². The first-order valence-corrected chi connectivity index (χ1v) is 16.7. The smallest absolute Gasteiger partial charge is 0.0549 e. The predicted octanol–water partition coefficient (Wildman–Crippen LogP) is 13.2. The van der Waals surface area contributed by atoms with E-state index in [2.05, 4.69) is 146 Å². The Morgan fingerprint density at radius 3 is 1.07 bits per heavy atom. The molecule has 0 aliphatic rings. The van der Waals surface area contributed by atoms with Crippen LogP contribution in [-0.2, 0) is 0 Å². The normalized spacial score (nSPS) is 12.1. The molecular formula is C42H24S2. The Kier molecular flexibility index (Phi) is 5.13. The van der Waals surface area contributed by atoms with Crippen molar-refractivity contribution in [2.24, 2.45) is 0 Å². The summed E-state index contributed by atoms with van der Waals surface area (Å²) >= 11 is 3.95. The van der Waals surface area contributed by atoms with Crippen LogP contribution in [0.5, 0.6) is 0 Å². The van der Waals surface area contributed by atoms with Crippen molar-refractivity contribution in [3.05, 3.63) is 146 Å². The monoisotopic (exact) mass is 592 g/mol. The zero-order chi connectivity index (χ0) is 28.8. The summed E-state index contributed by atoms with van der Waals surface area (Å²) < 4.78 is 5.61. The molecule has 0 saturated heterocycles. The second-order valence-electron chi connectivity index (χ2n) is 11.6. The number of hydrogen-bond donors (Lipinski definition) is 0. The van der Waals surface area contributed by atoms with E-state index < -0.39 is 0 Å². The van der Waals surface area contributed by atoms with E-state index in [9.17, 15) is 0 Å². The maximum absolute atomic E-state index is 2.40. The molecule has 2 heterocycles. The van der Waals surface area contributed by atoms with Gasteiger partial charge in [0, 0.05) is 30.9 Å². The molecule has 0 unspecified atom stereocenters. The summed E-state index contributed by atoms with van der Waals surface area (Å²) in [5, 5.41) is 13.5. The summed E-state index contributed by atoms with van der Waals surface area (Å²) in [7, 11) is 0. The molecule has 0 N–H and O–H groups in total. The molecule has 0 bridgehead atoms. The van der Waals surface area contributed by atoms with Crippen molar-refractivity contribution in [3.8, 4) is 22.3 Å². The second-order valence-corrected chi connectivity index (χ2v) is 13.7. The molecule has 44 heavy (non-hydrogen) atoms. The number of fused-ring (bicyclic) bond motifs is 15. The zero-order valence-corrected chi connectivity index (χ0v) is 25.3. The third kappa shape index (κ3) is 3.38. The number of hydrogen-bond acceptors (Lipinski definition) is 2. The molecular weight excluding hydrogens is 569 g/mol. The van der Waals surface area contributed by atoms with Crippen LogP contribution in [-0.4, -0.2) is 0 Å². The minimum Gasteiger partial charge on any atom is -0.133 e. The van der Waals surface area contributed by atoms with Gasteiger partial charge in [0.1, 0.15) is 0 Å². The first-order valence-electron chi connectivity index (χ1n) is 15.0. The highest BCUT2D eigenvalue weighted by Crippen LogP contribution is 2.53. The first kappa shape index (κ1) is 24.4. The molecule has 0 amide bonds. The van der Waals surface area contributed by atoms with Gasteiger partial charge in [-0.2, -0.15) is 0 Å². The van der Waals surface area contributed by atoms with Crippen LogP contribution >= 0.6 is 22.7 Å². The minimum absolute atomic E-state index is 1.25. The highest BCUT2D eigenvalue weighted by molar-refractivity contribution is 7.37. The van der Waals surface area contributed by atoms with Crippen molar-refractivity contribution in [2.75, 3.05) is 0 Å². The van der Waals surface area contributed by atoms with Crippen LogP contribution in [0.4, 0.5) is 0 Å². The Bertz CT molecular complexity index is 2550. The fraction of sp³-hybridized carbons (Fsp3) is 0. The lowest BCUT2D eigenvalue weighted by Gasteiger charge is -2.10. The minimum atomic E-state index is 1.25. The highest BCUT2D eigenvalue weighted by Gasteiger charge is 2.21. The Labute approximate surface area is 262 Å². The van der Waals surface area contributed by atoms with Gasteiger partial charge >= 0.3 is 0 Å². The standard InChI is InChI=1S/C42H24S2/c1-3-11-25(12-4-1)27-19-21-31-35(23-27)29-15-7-9-17-33(29)39-37(31)41-42(43-39)38-32-22-20-28(26-13-5-2-6-14-26)24-36(32)30-16-8-10-18-34(30)40(38)44-41/h1-24H. The Hall–Kier alpha value is -5.02. The van der Waals surface area contributed by atoms with Gasteiger partial charge in [0.25, 0.3) is 0 Å². The number of rotatable bonds is 2. The summed E-state index contributed by atoms with van der Waals surface area (Å²) in [6.45, 7) is 0. The van der Waals surface area contributed by atoms with E-state index in [1.807, 2.05) is 22.7 Å². The lowest BCUT2D eigenvalue weighted by atomic mass is 9.94. The van der Waals surface area contributed by atoms with E-state index in [0.717, 1.165) is 0 Å². The summed E-state index contributed by atoms with van der Waals surface area (Å²) in [6.07, 6.45) is 0. The molecule has 0 spiro atoms. The van der Waals surface area contributed by atoms with Gasteiger partial charge in [-0.1, -0.05) is 133 Å². The zero-order valence-electron chi connectivity index (χ0n) is 23.7. The van der Waals surface area contributed by atoms with Crippen molar-refractivity contribution in [2.45, 2.75) is 0 Å². The van der Waals surface area contributed by atoms with E-state index in [0.29, 0.717) is 0 Å². The summed E-state index contributed by atoms with van der Waals surface area (Å²) in [4.78, 5) is 0. The molecule has 0 radical (unpaired) electrons. The lowest BCUT2D eigenvalue weighted by molar-refractivity contribution is 1.65. The first-order chi connectivity index (χ1) is 21.8. The van der Waals surface area contributed by atoms with Crippen LogP contribution in [0.2, 0.25) is 0 Å². The van der Waals surface area contributed by atoms with Gasteiger partial charge in [-0.15, -0.1) is 22.7 Å². The Balaban J connectivity index is 1.37. The van der Waals surface area contributed by atoms with E-state index in [1.165, 1.54) is 94.9 Å². The van der Waals surface area contributed by atoms with Crippen LogP contribution in [0, 0.1) is 0 Å². The van der Waals surface area contributed by atoms with Gasteiger partial charge in [0.2, 0.25) is 0 Å². The van der Waals surface area contributed by atoms with E-state index >= 15 is 0 Å². The van der Waals surface area contributed by atoms with Crippen molar-refractivity contribution in [1.29, 1.82) is 0 Å². The third-order valence-electron chi connectivity index (χ3n) is 9.24. The van der Waals surface area contributed by atoms with Crippen molar-refractivity contribution in [3.63, 3.8) is 0 Å². The summed E-state index contributed by atoms with van der Waals surface area (Å²) in [5.74, 6) is 0. The molecule has 10 aromatic rings. The molecule has 8 aromatic carbocycles. The van der Waals surface area contributed by atoms with E-state index in [-0.39, 0.29) is 0 Å². The average molecular weight is 593 g/mol.